The van der Waals surface area contributed by atoms with Gasteiger partial charge >= 0.3 is 0 Å². The highest BCUT2D eigenvalue weighted by atomic mass is 16.3. The number of hydrogen-bond donors (Lipinski definition) is 0. The average Bonchev–Trinajstić information content (AvgIpc) is 2.56. The first-order valence-electron chi connectivity index (χ1n) is 4.07. The lowest BCUT2D eigenvalue weighted by Crippen LogP contribution is -2.01. The van der Waals surface area contributed by atoms with Crippen molar-refractivity contribution >= 4 is 13.7 Å². The molecule has 1 rings (SSSR count). The van der Waals surface area contributed by atoms with Crippen molar-refractivity contribution in [2.75, 3.05) is 0 Å². The van der Waals surface area contributed by atoms with Crippen LogP contribution in [-0.2, 0) is 12.9 Å². The van der Waals surface area contributed by atoms with E-state index in [-0.39, 0.29) is 5.82 Å². The summed E-state index contributed by atoms with van der Waals surface area (Å²) in [5.74, 6) is 0.237. The number of rotatable bonds is 4. The first-order valence-corrected chi connectivity index (χ1v) is 4.07. The molecule has 0 unspecified atom stereocenters. The largest absolute Gasteiger partial charge is 0.332 e. The number of imidazole rings is 1. The minimum atomic E-state index is 0.237. The molecule has 1 aromatic rings. The number of hydrogen-bond acceptors (Lipinski definition) is 4. The van der Waals surface area contributed by atoms with Crippen molar-refractivity contribution in [3.63, 3.8) is 0 Å². The monoisotopic (exact) mass is 176 g/mol. The Morgan fingerprint density at radius 3 is 3.08 bits per heavy atom. The predicted molar refractivity (Wildman–Crippen MR) is 50.2 cm³/mol. The number of aromatic nitrogens is 2. The average molecular weight is 176 g/mol. The van der Waals surface area contributed by atoms with Gasteiger partial charge in [-0.1, -0.05) is 0 Å². The molecule has 0 saturated heterocycles. The van der Waals surface area contributed by atoms with Crippen LogP contribution in [0.2, 0.25) is 0 Å². The van der Waals surface area contributed by atoms with Crippen LogP contribution >= 0.6 is 0 Å². The quantitative estimate of drug-likeness (QED) is 0.490. The highest BCUT2D eigenvalue weighted by Crippen LogP contribution is 2.16. The fraction of sp³-hybridized carbons (Fsp3) is 0.429. The number of nitriles is 1. The summed E-state index contributed by atoms with van der Waals surface area (Å²) in [5, 5.41) is 11.2. The van der Waals surface area contributed by atoms with Crippen molar-refractivity contribution in [1.82, 2.24) is 9.55 Å². The Balaban J connectivity index is 2.88. The summed E-state index contributed by atoms with van der Waals surface area (Å²) in [5.41, 5.74) is 0.797. The first kappa shape index (κ1) is 9.45. The lowest BCUT2D eigenvalue weighted by molar-refractivity contribution is 0.691. The van der Waals surface area contributed by atoms with Crippen LogP contribution < -0.4 is 0 Å². The van der Waals surface area contributed by atoms with Crippen molar-refractivity contribution in [1.29, 1.82) is 5.26 Å². The van der Waals surface area contributed by atoms with E-state index in [2.05, 4.69) is 10.2 Å². The van der Waals surface area contributed by atoms with Gasteiger partial charge in [-0.15, -0.1) is 4.91 Å². The van der Waals surface area contributed by atoms with Crippen LogP contribution in [0.5, 0.6) is 0 Å². The Morgan fingerprint density at radius 2 is 2.54 bits per heavy atom. The molecule has 0 spiro atoms. The SMILES string of the molecule is BCc1c(N=O)ncn1CCC#N. The first-order chi connectivity index (χ1) is 6.33. The van der Waals surface area contributed by atoms with E-state index in [1.54, 1.807) is 10.9 Å². The van der Waals surface area contributed by atoms with Crippen LogP contribution in [-0.4, -0.2) is 17.4 Å². The van der Waals surface area contributed by atoms with Gasteiger partial charge in [-0.2, -0.15) is 5.26 Å². The lowest BCUT2D eigenvalue weighted by atomic mass is 10.0. The molecule has 66 valence electrons. The van der Waals surface area contributed by atoms with Gasteiger partial charge in [0.15, 0.2) is 0 Å². The molecule has 0 aliphatic heterocycles. The van der Waals surface area contributed by atoms with Crippen LogP contribution in [0.1, 0.15) is 12.1 Å². The molecule has 0 radical (unpaired) electrons. The second-order valence-corrected chi connectivity index (χ2v) is 2.56. The zero-order chi connectivity index (χ0) is 9.68. The smallest absolute Gasteiger partial charge is 0.216 e. The number of aryl methyl sites for hydroxylation is 1. The lowest BCUT2D eigenvalue weighted by Gasteiger charge is -2.02. The normalized spacial score (nSPS) is 9.46. The van der Waals surface area contributed by atoms with Gasteiger partial charge in [0.1, 0.15) is 7.85 Å². The van der Waals surface area contributed by atoms with Crippen molar-refractivity contribution in [3.8, 4) is 6.07 Å². The summed E-state index contributed by atoms with van der Waals surface area (Å²) in [6.45, 7) is 0.572. The van der Waals surface area contributed by atoms with E-state index in [1.807, 2.05) is 13.9 Å². The molecule has 0 amide bonds. The van der Waals surface area contributed by atoms with E-state index in [0.29, 0.717) is 19.3 Å². The standard InChI is InChI=1S/C7H9BN4O/c8-4-6-7(11-13)10-5-12(6)3-1-2-9/h5H,1,3-4,8H2. The van der Waals surface area contributed by atoms with Gasteiger partial charge in [0.2, 0.25) is 5.82 Å². The van der Waals surface area contributed by atoms with E-state index >= 15 is 0 Å². The Labute approximate surface area is 76.8 Å². The summed E-state index contributed by atoms with van der Waals surface area (Å²) in [7, 11) is 1.93. The predicted octanol–water partition coefficient (Wildman–Crippen LogP) is 0.328. The molecule has 0 aromatic carbocycles. The fourth-order valence-corrected chi connectivity index (χ4v) is 1.20. The Bertz CT molecular complexity index is 341. The molecule has 13 heavy (non-hydrogen) atoms. The van der Waals surface area contributed by atoms with Gasteiger partial charge in [0.05, 0.1) is 24.5 Å². The second-order valence-electron chi connectivity index (χ2n) is 2.56. The van der Waals surface area contributed by atoms with Crippen molar-refractivity contribution < 1.29 is 0 Å². The second kappa shape index (κ2) is 4.41. The van der Waals surface area contributed by atoms with Crippen LogP contribution in [0.4, 0.5) is 5.82 Å². The van der Waals surface area contributed by atoms with Crippen LogP contribution in [0.15, 0.2) is 11.5 Å². The van der Waals surface area contributed by atoms with Crippen LogP contribution in [0, 0.1) is 16.2 Å². The van der Waals surface area contributed by atoms with E-state index in [1.165, 1.54) is 0 Å². The molecule has 6 heteroatoms. The molecule has 0 atom stereocenters. The summed E-state index contributed by atoms with van der Waals surface area (Å²) in [6, 6.07) is 2.04. The van der Waals surface area contributed by atoms with Gasteiger partial charge in [-0.3, -0.25) is 0 Å². The summed E-state index contributed by atoms with van der Waals surface area (Å²) >= 11 is 0. The minimum absolute atomic E-state index is 0.237. The number of nitrogens with zero attached hydrogens (tertiary/aromatic N) is 4. The molecule has 0 aliphatic carbocycles. The van der Waals surface area contributed by atoms with Crippen molar-refractivity contribution in [3.05, 3.63) is 16.9 Å². The number of nitroso groups, excluding NO2 is 1. The van der Waals surface area contributed by atoms with Crippen molar-refractivity contribution in [2.45, 2.75) is 19.3 Å². The fourth-order valence-electron chi connectivity index (χ4n) is 1.20. The third kappa shape index (κ3) is 1.93. The summed E-state index contributed by atoms with van der Waals surface area (Å²) in [4.78, 5) is 14.1. The van der Waals surface area contributed by atoms with Crippen LogP contribution in [0.3, 0.4) is 0 Å². The molecule has 1 heterocycles. The molecular weight excluding hydrogens is 167 g/mol. The molecule has 0 fully saturated rings. The van der Waals surface area contributed by atoms with E-state index < -0.39 is 0 Å². The Morgan fingerprint density at radius 1 is 1.77 bits per heavy atom. The summed E-state index contributed by atoms with van der Waals surface area (Å²) in [6.07, 6.45) is 2.67. The molecule has 0 aliphatic rings. The molecule has 0 N–H and O–H groups in total. The molecule has 0 bridgehead atoms. The maximum Gasteiger partial charge on any atom is 0.216 e. The van der Waals surface area contributed by atoms with E-state index in [0.717, 1.165) is 5.69 Å². The molecular formula is C7H9BN4O. The third-order valence-electron chi connectivity index (χ3n) is 1.81. The highest BCUT2D eigenvalue weighted by Gasteiger charge is 2.08. The third-order valence-corrected chi connectivity index (χ3v) is 1.81. The molecule has 0 saturated carbocycles. The molecule has 1 aromatic heterocycles. The van der Waals surface area contributed by atoms with Gasteiger partial charge in [0, 0.05) is 6.54 Å². The Hall–Kier alpha value is -1.64. The zero-order valence-electron chi connectivity index (χ0n) is 7.40. The van der Waals surface area contributed by atoms with Crippen LogP contribution in [0.25, 0.3) is 0 Å². The topological polar surface area (TPSA) is 71.0 Å². The summed E-state index contributed by atoms with van der Waals surface area (Å²) < 4.78 is 1.79. The van der Waals surface area contributed by atoms with Gasteiger partial charge < -0.3 is 4.57 Å². The maximum atomic E-state index is 10.3. The molecule has 5 nitrogen and oxygen atoms in total. The van der Waals surface area contributed by atoms with Gasteiger partial charge in [-0.25, -0.2) is 4.98 Å². The van der Waals surface area contributed by atoms with Crippen molar-refractivity contribution in [2.24, 2.45) is 5.18 Å². The zero-order valence-corrected chi connectivity index (χ0v) is 7.40. The minimum Gasteiger partial charge on any atom is -0.332 e. The van der Waals surface area contributed by atoms with E-state index in [9.17, 15) is 4.91 Å². The Kier molecular flexibility index (Phi) is 3.20. The highest BCUT2D eigenvalue weighted by molar-refractivity contribution is 6.08. The van der Waals surface area contributed by atoms with Gasteiger partial charge in [0.25, 0.3) is 0 Å². The van der Waals surface area contributed by atoms with E-state index in [4.69, 9.17) is 5.26 Å². The maximum absolute atomic E-state index is 10.3. The van der Waals surface area contributed by atoms with Gasteiger partial charge in [-0.05, 0) is 11.5 Å².